The van der Waals surface area contributed by atoms with Crippen molar-refractivity contribution in [3.8, 4) is 0 Å². The first kappa shape index (κ1) is 28.2. The van der Waals surface area contributed by atoms with E-state index in [2.05, 4.69) is 15.5 Å². The number of likely N-dealkylation sites (tertiary alicyclic amines) is 1. The Balaban J connectivity index is 1.37. The average Bonchev–Trinajstić information content (AvgIpc) is 2.88. The fourth-order valence-corrected chi connectivity index (χ4v) is 5.11. The normalized spacial score (nSPS) is 19.2. The Kier molecular flexibility index (Phi) is 8.85. The number of hydrogen-bond donors (Lipinski definition) is 3. The van der Waals surface area contributed by atoms with Crippen molar-refractivity contribution >= 4 is 35.1 Å². The number of rotatable bonds is 7. The van der Waals surface area contributed by atoms with E-state index in [4.69, 9.17) is 23.2 Å². The van der Waals surface area contributed by atoms with Crippen LogP contribution in [0.2, 0.25) is 10.0 Å². The summed E-state index contributed by atoms with van der Waals surface area (Å²) in [5.41, 5.74) is -0.782. The average molecular weight is 573 g/mol. The third-order valence-corrected chi connectivity index (χ3v) is 7.48. The smallest absolute Gasteiger partial charge is 0.352 e. The van der Waals surface area contributed by atoms with Crippen molar-refractivity contribution in [1.82, 2.24) is 20.9 Å². The van der Waals surface area contributed by atoms with Gasteiger partial charge in [0.1, 0.15) is 11.5 Å². The maximum atomic E-state index is 13.8. The Morgan fingerprint density at radius 3 is 2.32 bits per heavy atom. The fourth-order valence-electron chi connectivity index (χ4n) is 4.80. The third-order valence-electron chi connectivity index (χ3n) is 6.74. The molecule has 2 aromatic carbocycles. The molecule has 0 aromatic heterocycles. The zero-order chi connectivity index (χ0) is 27.4. The quantitative estimate of drug-likeness (QED) is 0.295. The van der Waals surface area contributed by atoms with Crippen LogP contribution in [-0.2, 0) is 4.79 Å². The van der Waals surface area contributed by atoms with E-state index in [1.54, 1.807) is 5.32 Å². The Hall–Kier alpha value is -2.82. The van der Waals surface area contributed by atoms with Crippen LogP contribution in [-0.4, -0.2) is 49.2 Å². The molecule has 0 unspecified atom stereocenters. The van der Waals surface area contributed by atoms with Gasteiger partial charge >= 0.3 is 12.2 Å². The van der Waals surface area contributed by atoms with Gasteiger partial charge in [-0.3, -0.25) is 4.79 Å². The first-order valence-corrected chi connectivity index (χ1v) is 12.9. The molecule has 1 saturated heterocycles. The van der Waals surface area contributed by atoms with Crippen LogP contribution >= 0.6 is 23.2 Å². The molecule has 6 nitrogen and oxygen atoms in total. The molecule has 3 amide bonds. The zero-order valence-corrected chi connectivity index (χ0v) is 21.7. The third kappa shape index (κ3) is 6.78. The molecule has 2 aliphatic heterocycles. The molecular weight excluding hydrogens is 547 g/mol. The van der Waals surface area contributed by atoms with E-state index in [1.807, 2.05) is 12.1 Å². The number of hydrogen-bond acceptors (Lipinski definition) is 3. The maximum Gasteiger partial charge on any atom is 0.431 e. The van der Waals surface area contributed by atoms with Gasteiger partial charge in [-0.25, -0.2) is 9.18 Å². The minimum Gasteiger partial charge on any atom is -0.352 e. The molecule has 0 aliphatic carbocycles. The van der Waals surface area contributed by atoms with Crippen LogP contribution in [0.5, 0.6) is 0 Å². The number of allylic oxidation sites excluding steroid dienone is 1. The molecular formula is C26H26Cl2F4N4O2. The molecule has 0 radical (unpaired) electrons. The monoisotopic (exact) mass is 572 g/mol. The van der Waals surface area contributed by atoms with Crippen molar-refractivity contribution < 1.29 is 27.2 Å². The van der Waals surface area contributed by atoms with E-state index in [1.165, 1.54) is 30.3 Å². The van der Waals surface area contributed by atoms with E-state index in [-0.39, 0.29) is 28.0 Å². The van der Waals surface area contributed by atoms with Crippen LogP contribution in [0.4, 0.5) is 22.4 Å². The minimum absolute atomic E-state index is 0.0773. The number of halogens is 6. The predicted octanol–water partition coefficient (Wildman–Crippen LogP) is 5.69. The standard InChI is InChI=1S/C26H26Cl2F4N4O2/c27-19-7-4-17(14-20(19)28)22-21(23(26(30,31)32)35-25(38)34-22)24(37)33-10-1-11-36-12-8-16(9-13-36)15-2-5-18(29)6-3-15/h2-7,14,16,22H,1,8-13H2,(H,33,37)(H2,34,35,38)/t22-/m1/s1. The van der Waals surface area contributed by atoms with Crippen molar-refractivity contribution in [1.29, 1.82) is 0 Å². The number of urea groups is 1. The summed E-state index contributed by atoms with van der Waals surface area (Å²) in [4.78, 5) is 27.3. The molecule has 0 saturated carbocycles. The molecule has 2 heterocycles. The number of nitrogens with one attached hydrogen (secondary N) is 3. The highest BCUT2D eigenvalue weighted by atomic mass is 35.5. The van der Waals surface area contributed by atoms with Gasteiger partial charge in [0, 0.05) is 6.54 Å². The summed E-state index contributed by atoms with van der Waals surface area (Å²) in [6, 6.07) is 8.18. The molecule has 4 rings (SSSR count). The van der Waals surface area contributed by atoms with Gasteiger partial charge in [0.25, 0.3) is 5.91 Å². The van der Waals surface area contributed by atoms with Crippen LogP contribution in [0.3, 0.4) is 0 Å². The largest absolute Gasteiger partial charge is 0.431 e. The second kappa shape index (κ2) is 11.9. The van der Waals surface area contributed by atoms with Gasteiger partial charge in [-0.15, -0.1) is 0 Å². The van der Waals surface area contributed by atoms with Crippen molar-refractivity contribution in [3.63, 3.8) is 0 Å². The zero-order valence-electron chi connectivity index (χ0n) is 20.2. The van der Waals surface area contributed by atoms with Gasteiger partial charge in [0.05, 0.1) is 21.7 Å². The Morgan fingerprint density at radius 1 is 1.03 bits per heavy atom. The first-order chi connectivity index (χ1) is 18.0. The highest BCUT2D eigenvalue weighted by Gasteiger charge is 2.45. The summed E-state index contributed by atoms with van der Waals surface area (Å²) >= 11 is 12.0. The number of amides is 3. The molecule has 38 heavy (non-hydrogen) atoms. The lowest BCUT2D eigenvalue weighted by atomic mass is 9.89. The Labute approximate surface area is 227 Å². The van der Waals surface area contributed by atoms with Crippen LogP contribution in [0, 0.1) is 5.82 Å². The second-order valence-corrected chi connectivity index (χ2v) is 10.1. The molecule has 0 spiro atoms. The van der Waals surface area contributed by atoms with Gasteiger partial charge in [0.15, 0.2) is 0 Å². The fraction of sp³-hybridized carbons (Fsp3) is 0.385. The molecule has 2 aromatic rings. The molecule has 3 N–H and O–H groups in total. The number of nitrogens with zero attached hydrogens (tertiary/aromatic N) is 1. The van der Waals surface area contributed by atoms with Crippen molar-refractivity contribution in [2.45, 2.75) is 37.4 Å². The van der Waals surface area contributed by atoms with Gasteiger partial charge in [-0.2, -0.15) is 13.2 Å². The summed E-state index contributed by atoms with van der Waals surface area (Å²) in [6.45, 7) is 2.46. The van der Waals surface area contributed by atoms with E-state index >= 15 is 0 Å². The highest BCUT2D eigenvalue weighted by molar-refractivity contribution is 6.42. The van der Waals surface area contributed by atoms with Gasteiger partial charge in [0.2, 0.25) is 0 Å². The van der Waals surface area contributed by atoms with Crippen molar-refractivity contribution in [3.05, 3.63) is 80.7 Å². The summed E-state index contributed by atoms with van der Waals surface area (Å²) in [6.07, 6.45) is -2.61. The minimum atomic E-state index is -4.96. The topological polar surface area (TPSA) is 73.5 Å². The van der Waals surface area contributed by atoms with Gasteiger partial charge < -0.3 is 20.9 Å². The maximum absolute atomic E-state index is 13.8. The second-order valence-electron chi connectivity index (χ2n) is 9.27. The predicted molar refractivity (Wildman–Crippen MR) is 136 cm³/mol. The lowest BCUT2D eigenvalue weighted by molar-refractivity contribution is -0.120. The van der Waals surface area contributed by atoms with Gasteiger partial charge in [-0.05, 0) is 80.2 Å². The molecule has 0 bridgehead atoms. The molecule has 12 heteroatoms. The molecule has 2 aliphatic rings. The number of alkyl halides is 3. The van der Waals surface area contributed by atoms with E-state index in [0.29, 0.717) is 18.9 Å². The molecule has 1 fully saturated rings. The van der Waals surface area contributed by atoms with Crippen molar-refractivity contribution in [2.24, 2.45) is 0 Å². The number of carbonyl (C=O) groups excluding carboxylic acids is 2. The van der Waals surface area contributed by atoms with Crippen LogP contribution in [0.15, 0.2) is 53.7 Å². The SMILES string of the molecule is O=C1NC(C(F)(F)F)=C(C(=O)NCCCN2CCC(c3ccc(F)cc3)CC2)[C@@H](c2ccc(Cl)c(Cl)c2)N1. The Bertz CT molecular complexity index is 1210. The number of benzene rings is 2. The van der Waals surface area contributed by atoms with E-state index in [0.717, 1.165) is 31.5 Å². The van der Waals surface area contributed by atoms with Crippen LogP contribution < -0.4 is 16.0 Å². The van der Waals surface area contributed by atoms with E-state index < -0.39 is 35.4 Å². The number of piperidine rings is 1. The summed E-state index contributed by atoms with van der Waals surface area (Å²) in [5.74, 6) is -0.858. The van der Waals surface area contributed by atoms with Crippen LogP contribution in [0.25, 0.3) is 0 Å². The highest BCUT2D eigenvalue weighted by Crippen LogP contribution is 2.36. The summed E-state index contributed by atoms with van der Waals surface area (Å²) in [5, 5.41) is 6.93. The number of carbonyl (C=O) groups is 2. The summed E-state index contributed by atoms with van der Waals surface area (Å²) < 4.78 is 54.6. The molecule has 204 valence electrons. The lowest BCUT2D eigenvalue weighted by Gasteiger charge is -2.32. The van der Waals surface area contributed by atoms with Crippen LogP contribution in [0.1, 0.15) is 42.3 Å². The lowest BCUT2D eigenvalue weighted by Crippen LogP contribution is -2.50. The van der Waals surface area contributed by atoms with Gasteiger partial charge in [-0.1, -0.05) is 41.4 Å². The Morgan fingerprint density at radius 2 is 1.68 bits per heavy atom. The van der Waals surface area contributed by atoms with E-state index in [9.17, 15) is 27.2 Å². The molecule has 1 atom stereocenters. The summed E-state index contributed by atoms with van der Waals surface area (Å²) in [7, 11) is 0. The van der Waals surface area contributed by atoms with Crippen molar-refractivity contribution in [2.75, 3.05) is 26.2 Å². The first-order valence-electron chi connectivity index (χ1n) is 12.1.